The van der Waals surface area contributed by atoms with Crippen molar-refractivity contribution in [3.63, 3.8) is 0 Å². The third kappa shape index (κ3) is 4.20. The summed E-state index contributed by atoms with van der Waals surface area (Å²) in [6.07, 6.45) is 0.417. The Labute approximate surface area is 169 Å². The fourth-order valence-electron chi connectivity index (χ4n) is 2.80. The molecule has 0 fully saturated rings. The first-order chi connectivity index (χ1) is 13.4. The second-order valence-electron chi connectivity index (χ2n) is 6.13. The number of nitrogens with one attached hydrogen (secondary N) is 2. The molecule has 4 N–H and O–H groups in total. The molecule has 2 aromatic rings. The van der Waals surface area contributed by atoms with Gasteiger partial charge in [0.2, 0.25) is 5.91 Å². The highest BCUT2D eigenvalue weighted by molar-refractivity contribution is 9.10. The van der Waals surface area contributed by atoms with Gasteiger partial charge in [-0.3, -0.25) is 19.3 Å². The SMILES string of the molecule is NC(=O)c1ccc(NC(=O)NCCCN2C(=O)c3ccc(Br)cc3C2=O)cc1. The number of hydrogen-bond donors (Lipinski definition) is 3. The maximum Gasteiger partial charge on any atom is 0.319 e. The smallest absolute Gasteiger partial charge is 0.319 e. The number of hydrogen-bond acceptors (Lipinski definition) is 4. The molecule has 0 aliphatic carbocycles. The molecule has 0 saturated carbocycles. The monoisotopic (exact) mass is 444 g/mol. The van der Waals surface area contributed by atoms with Crippen molar-refractivity contribution in [1.29, 1.82) is 0 Å². The van der Waals surface area contributed by atoms with Gasteiger partial charge in [0.05, 0.1) is 11.1 Å². The lowest BCUT2D eigenvalue weighted by atomic mass is 10.1. The summed E-state index contributed by atoms with van der Waals surface area (Å²) in [5, 5.41) is 5.27. The van der Waals surface area contributed by atoms with E-state index in [1.807, 2.05) is 0 Å². The Morgan fingerprint density at radius 1 is 1.00 bits per heavy atom. The Hall–Kier alpha value is -3.20. The quantitative estimate of drug-likeness (QED) is 0.467. The number of carbonyl (C=O) groups excluding carboxylic acids is 4. The molecule has 3 rings (SSSR count). The number of benzene rings is 2. The van der Waals surface area contributed by atoms with Crippen LogP contribution in [0.2, 0.25) is 0 Å². The Morgan fingerprint density at radius 3 is 2.36 bits per heavy atom. The summed E-state index contributed by atoms with van der Waals surface area (Å²) in [6.45, 7) is 0.486. The number of anilines is 1. The Kier molecular flexibility index (Phi) is 5.74. The Bertz CT molecular complexity index is 959. The largest absolute Gasteiger partial charge is 0.366 e. The van der Waals surface area contributed by atoms with Gasteiger partial charge in [-0.1, -0.05) is 15.9 Å². The molecule has 0 radical (unpaired) electrons. The molecule has 1 aliphatic rings. The van der Waals surface area contributed by atoms with Crippen molar-refractivity contribution in [2.24, 2.45) is 5.73 Å². The molecule has 0 saturated heterocycles. The molecule has 5 amide bonds. The highest BCUT2D eigenvalue weighted by atomic mass is 79.9. The van der Waals surface area contributed by atoms with E-state index < -0.39 is 11.9 Å². The molecule has 8 nitrogen and oxygen atoms in total. The van der Waals surface area contributed by atoms with E-state index in [0.717, 1.165) is 4.47 Å². The van der Waals surface area contributed by atoms with Gasteiger partial charge in [0.1, 0.15) is 0 Å². The van der Waals surface area contributed by atoms with E-state index >= 15 is 0 Å². The zero-order chi connectivity index (χ0) is 20.3. The number of imide groups is 1. The number of nitrogens with zero attached hydrogens (tertiary/aromatic N) is 1. The lowest BCUT2D eigenvalue weighted by molar-refractivity contribution is 0.0653. The van der Waals surface area contributed by atoms with E-state index in [0.29, 0.717) is 28.8 Å². The van der Waals surface area contributed by atoms with Crippen molar-refractivity contribution < 1.29 is 19.2 Å². The minimum Gasteiger partial charge on any atom is -0.366 e. The number of amides is 5. The second-order valence-corrected chi connectivity index (χ2v) is 7.04. The molecule has 0 atom stereocenters. The van der Waals surface area contributed by atoms with Crippen LogP contribution < -0.4 is 16.4 Å². The van der Waals surface area contributed by atoms with Crippen LogP contribution in [0.3, 0.4) is 0 Å². The minimum absolute atomic E-state index is 0.206. The molecule has 2 aromatic carbocycles. The van der Waals surface area contributed by atoms with Crippen LogP contribution in [0.5, 0.6) is 0 Å². The minimum atomic E-state index is -0.545. The normalized spacial score (nSPS) is 12.7. The molecule has 1 heterocycles. The molecule has 1 aliphatic heterocycles. The topological polar surface area (TPSA) is 122 Å². The lowest BCUT2D eigenvalue weighted by Gasteiger charge is -2.14. The lowest BCUT2D eigenvalue weighted by Crippen LogP contribution is -2.35. The zero-order valence-corrected chi connectivity index (χ0v) is 16.3. The van der Waals surface area contributed by atoms with Gasteiger partial charge in [-0.25, -0.2) is 4.79 Å². The Balaban J connectivity index is 1.46. The van der Waals surface area contributed by atoms with Crippen LogP contribution >= 0.6 is 15.9 Å². The van der Waals surface area contributed by atoms with Crippen molar-refractivity contribution in [2.75, 3.05) is 18.4 Å². The van der Waals surface area contributed by atoms with Crippen molar-refractivity contribution in [3.05, 3.63) is 63.6 Å². The molecular formula is C19H17BrN4O4. The van der Waals surface area contributed by atoms with E-state index in [1.54, 1.807) is 30.3 Å². The molecule has 9 heteroatoms. The number of carbonyl (C=O) groups is 4. The zero-order valence-electron chi connectivity index (χ0n) is 14.7. The van der Waals surface area contributed by atoms with Crippen LogP contribution in [0.1, 0.15) is 37.5 Å². The fourth-order valence-corrected chi connectivity index (χ4v) is 3.16. The summed E-state index contributed by atoms with van der Waals surface area (Å²) in [5.41, 5.74) is 6.78. The predicted molar refractivity (Wildman–Crippen MR) is 106 cm³/mol. The summed E-state index contributed by atoms with van der Waals surface area (Å²) in [4.78, 5) is 48.8. The predicted octanol–water partition coefficient (Wildman–Crippen LogP) is 2.36. The molecule has 0 unspecified atom stereocenters. The van der Waals surface area contributed by atoms with E-state index in [4.69, 9.17) is 5.73 Å². The number of nitrogens with two attached hydrogens (primary N) is 1. The summed E-state index contributed by atoms with van der Waals surface area (Å²) in [5.74, 6) is -1.21. The number of fused-ring (bicyclic) bond motifs is 1. The van der Waals surface area contributed by atoms with Gasteiger partial charge in [-0.15, -0.1) is 0 Å². The van der Waals surface area contributed by atoms with Crippen molar-refractivity contribution in [3.8, 4) is 0 Å². The molecule has 0 bridgehead atoms. The summed E-state index contributed by atoms with van der Waals surface area (Å²) < 4.78 is 0.733. The van der Waals surface area contributed by atoms with Crippen LogP contribution in [-0.4, -0.2) is 41.7 Å². The highest BCUT2D eigenvalue weighted by Crippen LogP contribution is 2.26. The van der Waals surface area contributed by atoms with E-state index in [-0.39, 0.29) is 24.9 Å². The maximum atomic E-state index is 12.4. The van der Waals surface area contributed by atoms with Crippen LogP contribution in [0.25, 0.3) is 0 Å². The van der Waals surface area contributed by atoms with E-state index in [2.05, 4.69) is 26.6 Å². The van der Waals surface area contributed by atoms with Crippen molar-refractivity contribution >= 4 is 45.4 Å². The van der Waals surface area contributed by atoms with Crippen molar-refractivity contribution in [2.45, 2.75) is 6.42 Å². The number of urea groups is 1. The summed E-state index contributed by atoms with van der Waals surface area (Å²) in [7, 11) is 0. The highest BCUT2D eigenvalue weighted by Gasteiger charge is 2.34. The van der Waals surface area contributed by atoms with Crippen LogP contribution in [0, 0.1) is 0 Å². The van der Waals surface area contributed by atoms with Gasteiger partial charge < -0.3 is 16.4 Å². The fraction of sp³-hybridized carbons (Fsp3) is 0.158. The van der Waals surface area contributed by atoms with Crippen LogP contribution in [-0.2, 0) is 0 Å². The summed E-state index contributed by atoms with van der Waals surface area (Å²) >= 11 is 3.29. The molecule has 144 valence electrons. The molecule has 28 heavy (non-hydrogen) atoms. The van der Waals surface area contributed by atoms with E-state index in [9.17, 15) is 19.2 Å². The van der Waals surface area contributed by atoms with Gasteiger partial charge >= 0.3 is 6.03 Å². The summed E-state index contributed by atoms with van der Waals surface area (Å²) in [6, 6.07) is 10.7. The first kappa shape index (κ1) is 19.6. The molecular weight excluding hydrogens is 428 g/mol. The van der Waals surface area contributed by atoms with E-state index in [1.165, 1.54) is 17.0 Å². The maximum absolute atomic E-state index is 12.4. The molecule has 0 spiro atoms. The van der Waals surface area contributed by atoms with Gasteiger partial charge in [0.15, 0.2) is 0 Å². The first-order valence-corrected chi connectivity index (χ1v) is 9.26. The average molecular weight is 445 g/mol. The van der Waals surface area contributed by atoms with Gasteiger partial charge in [0, 0.05) is 28.8 Å². The third-order valence-corrected chi connectivity index (χ3v) is 4.70. The van der Waals surface area contributed by atoms with Crippen LogP contribution in [0.15, 0.2) is 46.9 Å². The van der Waals surface area contributed by atoms with Gasteiger partial charge in [0.25, 0.3) is 11.8 Å². The van der Waals surface area contributed by atoms with Gasteiger partial charge in [-0.05, 0) is 48.9 Å². The van der Waals surface area contributed by atoms with Gasteiger partial charge in [-0.2, -0.15) is 0 Å². The van der Waals surface area contributed by atoms with Crippen LogP contribution in [0.4, 0.5) is 10.5 Å². The number of primary amides is 1. The van der Waals surface area contributed by atoms with Crippen molar-refractivity contribution in [1.82, 2.24) is 10.2 Å². The standard InChI is InChI=1S/C19H17BrN4O4/c20-12-4-7-14-15(10-12)18(27)24(17(14)26)9-1-8-22-19(28)23-13-5-2-11(3-6-13)16(21)25/h2-7,10H,1,8-9H2,(H2,21,25)(H2,22,23,28). The first-order valence-electron chi connectivity index (χ1n) is 8.47. The second kappa shape index (κ2) is 8.22. The number of halogens is 1. The Morgan fingerprint density at radius 2 is 1.68 bits per heavy atom. The number of rotatable bonds is 6. The third-order valence-electron chi connectivity index (χ3n) is 4.20. The average Bonchev–Trinajstić information content (AvgIpc) is 2.89. The molecule has 0 aromatic heterocycles.